The number of rotatable bonds is 5. The number of amides is 2. The molecule has 2 aromatic rings. The van der Waals surface area contributed by atoms with Crippen molar-refractivity contribution >= 4 is 17.5 Å². The summed E-state index contributed by atoms with van der Waals surface area (Å²) in [4.78, 5) is 26.4. The third-order valence-corrected chi connectivity index (χ3v) is 4.25. The average molecular weight is 326 g/mol. The number of nitrogens with zero attached hydrogens (tertiary/aromatic N) is 3. The van der Waals surface area contributed by atoms with Gasteiger partial charge in [-0.15, -0.1) is 0 Å². The summed E-state index contributed by atoms with van der Waals surface area (Å²) in [6, 6.07) is 9.61. The quantitative estimate of drug-likeness (QED) is 0.910. The molecular weight excluding hydrogens is 304 g/mol. The van der Waals surface area contributed by atoms with Crippen LogP contribution in [-0.4, -0.2) is 34.2 Å². The van der Waals surface area contributed by atoms with Crippen molar-refractivity contribution in [1.82, 2.24) is 15.1 Å². The Morgan fingerprint density at radius 2 is 2.12 bits per heavy atom. The smallest absolute Gasteiger partial charge is 0.227 e. The minimum Gasteiger partial charge on any atom is -0.351 e. The van der Waals surface area contributed by atoms with Gasteiger partial charge in [0.15, 0.2) is 0 Å². The number of aromatic nitrogens is 2. The summed E-state index contributed by atoms with van der Waals surface area (Å²) in [6.45, 7) is 4.99. The Balaban J connectivity index is 1.58. The third kappa shape index (κ3) is 3.64. The van der Waals surface area contributed by atoms with E-state index in [1.807, 2.05) is 50.4 Å². The molecule has 24 heavy (non-hydrogen) atoms. The highest BCUT2D eigenvalue weighted by Crippen LogP contribution is 2.25. The van der Waals surface area contributed by atoms with E-state index in [4.69, 9.17) is 0 Å². The van der Waals surface area contributed by atoms with E-state index < -0.39 is 0 Å². The van der Waals surface area contributed by atoms with Crippen LogP contribution in [0.5, 0.6) is 0 Å². The van der Waals surface area contributed by atoms with Crippen molar-refractivity contribution in [1.29, 1.82) is 0 Å². The highest BCUT2D eigenvalue weighted by Gasteiger charge is 2.35. The lowest BCUT2D eigenvalue weighted by molar-refractivity contribution is -0.126. The van der Waals surface area contributed by atoms with Crippen molar-refractivity contribution < 1.29 is 9.59 Å². The molecule has 6 heteroatoms. The number of carbonyl (C=O) groups excluding carboxylic acids is 2. The molecule has 0 saturated carbocycles. The molecule has 1 aliphatic heterocycles. The van der Waals surface area contributed by atoms with Gasteiger partial charge >= 0.3 is 0 Å². The molecule has 1 aromatic carbocycles. The first-order valence-electron chi connectivity index (χ1n) is 8.18. The van der Waals surface area contributed by atoms with Crippen molar-refractivity contribution in [2.75, 3.05) is 11.4 Å². The topological polar surface area (TPSA) is 67.2 Å². The fraction of sp³-hybridized carbons (Fsp3) is 0.389. The second-order valence-corrected chi connectivity index (χ2v) is 6.38. The number of carbonyl (C=O) groups is 2. The summed E-state index contributed by atoms with van der Waals surface area (Å²) in [5, 5.41) is 7.12. The molecule has 0 aliphatic carbocycles. The Kier molecular flexibility index (Phi) is 4.64. The van der Waals surface area contributed by atoms with Gasteiger partial charge in [0.25, 0.3) is 0 Å². The van der Waals surface area contributed by atoms with Gasteiger partial charge in [0.05, 0.1) is 12.5 Å². The standard InChI is InChI=1S/C18H22N4O2/c1-13-4-6-16(7-5-13)22-12-15(10-17(22)23)18(24)20-14(2)11-21-9-3-8-19-21/h3-9,14-15H,10-12H2,1-2H3,(H,20,24)/t14-,15-/m0/s1. The van der Waals surface area contributed by atoms with E-state index in [1.54, 1.807) is 15.8 Å². The number of nitrogens with one attached hydrogen (secondary N) is 1. The average Bonchev–Trinajstić information content (AvgIpc) is 3.17. The van der Waals surface area contributed by atoms with Gasteiger partial charge in [-0.2, -0.15) is 5.10 Å². The zero-order chi connectivity index (χ0) is 17.1. The minimum absolute atomic E-state index is 0.00117. The monoisotopic (exact) mass is 326 g/mol. The largest absolute Gasteiger partial charge is 0.351 e. The Labute approximate surface area is 141 Å². The second-order valence-electron chi connectivity index (χ2n) is 6.38. The molecule has 1 aromatic heterocycles. The predicted octanol–water partition coefficient (Wildman–Crippen LogP) is 1.75. The maximum Gasteiger partial charge on any atom is 0.227 e. The molecule has 3 rings (SSSR count). The van der Waals surface area contributed by atoms with Crippen LogP contribution in [0.25, 0.3) is 0 Å². The van der Waals surface area contributed by atoms with E-state index in [-0.39, 0.29) is 30.2 Å². The Morgan fingerprint density at radius 3 is 2.79 bits per heavy atom. The summed E-state index contributed by atoms with van der Waals surface area (Å²) in [5.74, 6) is -0.379. The van der Waals surface area contributed by atoms with Gasteiger partial charge in [-0.25, -0.2) is 0 Å². The zero-order valence-electron chi connectivity index (χ0n) is 14.0. The molecule has 2 atom stereocenters. The van der Waals surface area contributed by atoms with Crippen LogP contribution in [0.1, 0.15) is 18.9 Å². The van der Waals surface area contributed by atoms with E-state index in [2.05, 4.69) is 10.4 Å². The van der Waals surface area contributed by atoms with Crippen LogP contribution in [0, 0.1) is 12.8 Å². The van der Waals surface area contributed by atoms with Gasteiger partial charge < -0.3 is 10.2 Å². The first-order valence-corrected chi connectivity index (χ1v) is 8.18. The van der Waals surface area contributed by atoms with Crippen LogP contribution in [0.2, 0.25) is 0 Å². The van der Waals surface area contributed by atoms with Crippen molar-refractivity contribution in [2.45, 2.75) is 32.9 Å². The van der Waals surface area contributed by atoms with E-state index in [0.29, 0.717) is 13.1 Å². The van der Waals surface area contributed by atoms with Crippen molar-refractivity contribution in [3.05, 3.63) is 48.3 Å². The lowest BCUT2D eigenvalue weighted by atomic mass is 10.1. The van der Waals surface area contributed by atoms with Gasteiger partial charge in [-0.05, 0) is 32.0 Å². The maximum absolute atomic E-state index is 12.4. The highest BCUT2D eigenvalue weighted by molar-refractivity contribution is 6.00. The highest BCUT2D eigenvalue weighted by atomic mass is 16.2. The van der Waals surface area contributed by atoms with Crippen LogP contribution >= 0.6 is 0 Å². The lowest BCUT2D eigenvalue weighted by Gasteiger charge is -2.18. The summed E-state index contributed by atoms with van der Waals surface area (Å²) >= 11 is 0. The molecule has 1 fully saturated rings. The summed E-state index contributed by atoms with van der Waals surface area (Å²) in [5.41, 5.74) is 2.00. The fourth-order valence-corrected chi connectivity index (χ4v) is 2.95. The molecular formula is C18H22N4O2. The fourth-order valence-electron chi connectivity index (χ4n) is 2.95. The Bertz CT molecular complexity index is 709. The van der Waals surface area contributed by atoms with Crippen LogP contribution < -0.4 is 10.2 Å². The SMILES string of the molecule is Cc1ccc(N2C[C@@H](C(=O)N[C@@H](C)Cn3cccn3)CC2=O)cc1. The van der Waals surface area contributed by atoms with E-state index >= 15 is 0 Å². The van der Waals surface area contributed by atoms with Gasteiger partial charge in [0.1, 0.15) is 0 Å². The lowest BCUT2D eigenvalue weighted by Crippen LogP contribution is -2.40. The van der Waals surface area contributed by atoms with E-state index in [1.165, 1.54) is 0 Å². The summed E-state index contributed by atoms with van der Waals surface area (Å²) in [6.07, 6.45) is 3.83. The molecule has 2 amide bonds. The molecule has 0 bridgehead atoms. The molecule has 0 unspecified atom stereocenters. The van der Waals surface area contributed by atoms with Gasteiger partial charge in [0.2, 0.25) is 11.8 Å². The van der Waals surface area contributed by atoms with Crippen molar-refractivity contribution in [2.24, 2.45) is 5.92 Å². The normalized spacial score (nSPS) is 18.7. The molecule has 6 nitrogen and oxygen atoms in total. The van der Waals surface area contributed by atoms with Gasteiger partial charge in [0, 0.05) is 37.1 Å². The van der Waals surface area contributed by atoms with Crippen molar-refractivity contribution in [3.63, 3.8) is 0 Å². The molecule has 1 N–H and O–H groups in total. The molecule has 1 saturated heterocycles. The molecule has 126 valence electrons. The molecule has 0 spiro atoms. The number of anilines is 1. The number of aryl methyl sites for hydroxylation is 1. The second kappa shape index (κ2) is 6.86. The Morgan fingerprint density at radius 1 is 1.38 bits per heavy atom. The summed E-state index contributed by atoms with van der Waals surface area (Å²) in [7, 11) is 0. The van der Waals surface area contributed by atoms with E-state index in [0.717, 1.165) is 11.3 Å². The predicted molar refractivity (Wildman–Crippen MR) is 91.5 cm³/mol. The van der Waals surface area contributed by atoms with Gasteiger partial charge in [-0.3, -0.25) is 14.3 Å². The number of hydrogen-bond donors (Lipinski definition) is 1. The summed E-state index contributed by atoms with van der Waals surface area (Å²) < 4.78 is 1.78. The van der Waals surface area contributed by atoms with Gasteiger partial charge in [-0.1, -0.05) is 17.7 Å². The molecule has 2 heterocycles. The molecule has 1 aliphatic rings. The third-order valence-electron chi connectivity index (χ3n) is 4.25. The number of benzene rings is 1. The van der Waals surface area contributed by atoms with Crippen LogP contribution in [0.15, 0.2) is 42.7 Å². The van der Waals surface area contributed by atoms with Crippen LogP contribution in [0.4, 0.5) is 5.69 Å². The maximum atomic E-state index is 12.4. The first-order chi connectivity index (χ1) is 11.5. The molecule has 0 radical (unpaired) electrons. The first kappa shape index (κ1) is 16.2. The number of hydrogen-bond acceptors (Lipinski definition) is 3. The minimum atomic E-state index is -0.307. The Hall–Kier alpha value is -2.63. The van der Waals surface area contributed by atoms with E-state index in [9.17, 15) is 9.59 Å². The zero-order valence-corrected chi connectivity index (χ0v) is 14.0. The van der Waals surface area contributed by atoms with Crippen LogP contribution in [0.3, 0.4) is 0 Å². The van der Waals surface area contributed by atoms with Crippen LogP contribution in [-0.2, 0) is 16.1 Å². The van der Waals surface area contributed by atoms with Crippen molar-refractivity contribution in [3.8, 4) is 0 Å².